The van der Waals surface area contributed by atoms with E-state index in [-0.39, 0.29) is 24.4 Å². The number of carbonyl (C=O) groups excluding carboxylic acids is 1. The lowest BCUT2D eigenvalue weighted by molar-refractivity contribution is 0.0714. The van der Waals surface area contributed by atoms with Crippen LogP contribution >= 0.6 is 12.4 Å². The van der Waals surface area contributed by atoms with Crippen LogP contribution in [0.4, 0.5) is 14.6 Å². The molecule has 0 spiro atoms. The Kier molecular flexibility index (Phi) is 6.02. The molecular formula is C18H20ClF2N3O2. The summed E-state index contributed by atoms with van der Waals surface area (Å²) in [5.74, 6) is 0.695. The number of ether oxygens (including phenoxy) is 1. The number of amides is 1. The highest BCUT2D eigenvalue weighted by molar-refractivity contribution is 5.99. The molecule has 1 aromatic carbocycles. The number of hydrogen-bond acceptors (Lipinski definition) is 4. The van der Waals surface area contributed by atoms with E-state index >= 15 is 0 Å². The van der Waals surface area contributed by atoms with Crippen LogP contribution in [0.25, 0.3) is 0 Å². The highest BCUT2D eigenvalue weighted by Crippen LogP contribution is 2.34. The number of aromatic nitrogens is 1. The third-order valence-corrected chi connectivity index (χ3v) is 4.42. The fourth-order valence-corrected chi connectivity index (χ4v) is 3.01. The Morgan fingerprint density at radius 3 is 2.69 bits per heavy atom. The first-order valence-corrected chi connectivity index (χ1v) is 7.94. The molecule has 1 aliphatic rings. The number of nitrogens with two attached hydrogens (primary N) is 1. The smallest absolute Gasteiger partial charge is 0.272 e. The van der Waals surface area contributed by atoms with Gasteiger partial charge < -0.3 is 15.4 Å². The second-order valence-electron chi connectivity index (χ2n) is 6.06. The molecule has 26 heavy (non-hydrogen) atoms. The minimum atomic E-state index is -2.52. The summed E-state index contributed by atoms with van der Waals surface area (Å²) in [6.45, 7) is 3.47. The number of aryl methyl sites for hydroxylation is 1. The summed E-state index contributed by atoms with van der Waals surface area (Å²) in [7, 11) is 0. The summed E-state index contributed by atoms with van der Waals surface area (Å²) < 4.78 is 29.7. The summed E-state index contributed by atoms with van der Waals surface area (Å²) >= 11 is 0. The highest BCUT2D eigenvalue weighted by Gasteiger charge is 2.33. The number of alkyl halides is 2. The van der Waals surface area contributed by atoms with Crippen molar-refractivity contribution in [2.24, 2.45) is 0 Å². The summed E-state index contributed by atoms with van der Waals surface area (Å²) in [6.07, 6.45) is -0.989. The first kappa shape index (κ1) is 19.9. The molecule has 0 fully saturated rings. The molecule has 140 valence electrons. The molecule has 0 radical (unpaired) electrons. The molecule has 1 aromatic heterocycles. The summed E-state index contributed by atoms with van der Waals surface area (Å²) in [5, 5.41) is 0. The molecule has 3 rings (SSSR count). The zero-order chi connectivity index (χ0) is 18.1. The van der Waals surface area contributed by atoms with E-state index < -0.39 is 13.0 Å². The average Bonchev–Trinajstić information content (AvgIpc) is 2.91. The SMILES string of the molecule is Cc1cc(C(C)N2Cc3c(ccnc3N)C2=O)ccc1OCC(F)F.Cl. The number of nitrogens with zero attached hydrogens (tertiary/aromatic N) is 2. The van der Waals surface area contributed by atoms with Gasteiger partial charge in [0.15, 0.2) is 0 Å². The fraction of sp³-hybridized carbons (Fsp3) is 0.333. The summed E-state index contributed by atoms with van der Waals surface area (Å²) in [4.78, 5) is 18.4. The predicted molar refractivity (Wildman–Crippen MR) is 96.9 cm³/mol. The van der Waals surface area contributed by atoms with Gasteiger partial charge in [-0.25, -0.2) is 13.8 Å². The van der Waals surface area contributed by atoms with Crippen LogP contribution < -0.4 is 10.5 Å². The zero-order valence-corrected chi connectivity index (χ0v) is 15.2. The Morgan fingerprint density at radius 2 is 2.08 bits per heavy atom. The van der Waals surface area contributed by atoms with Gasteiger partial charge in [0, 0.05) is 17.3 Å². The van der Waals surface area contributed by atoms with Gasteiger partial charge in [0.2, 0.25) is 0 Å². The quantitative estimate of drug-likeness (QED) is 0.853. The number of carbonyl (C=O) groups is 1. The molecule has 5 nitrogen and oxygen atoms in total. The number of rotatable bonds is 5. The Bertz CT molecular complexity index is 817. The van der Waals surface area contributed by atoms with Gasteiger partial charge in [0.25, 0.3) is 12.3 Å². The first-order valence-electron chi connectivity index (χ1n) is 7.94. The van der Waals surface area contributed by atoms with E-state index in [0.717, 1.165) is 16.7 Å². The van der Waals surface area contributed by atoms with Crippen molar-refractivity contribution in [1.82, 2.24) is 9.88 Å². The summed E-state index contributed by atoms with van der Waals surface area (Å²) in [6, 6.07) is 6.78. The third kappa shape index (κ3) is 3.72. The van der Waals surface area contributed by atoms with E-state index in [2.05, 4.69) is 4.98 Å². The molecule has 1 unspecified atom stereocenters. The lowest BCUT2D eigenvalue weighted by atomic mass is 10.0. The largest absolute Gasteiger partial charge is 0.487 e. The van der Waals surface area contributed by atoms with Gasteiger partial charge in [-0.2, -0.15) is 0 Å². The van der Waals surface area contributed by atoms with Crippen molar-refractivity contribution in [3.05, 3.63) is 52.7 Å². The van der Waals surface area contributed by atoms with Crippen LogP contribution in [-0.4, -0.2) is 28.8 Å². The van der Waals surface area contributed by atoms with Crippen molar-refractivity contribution in [3.8, 4) is 5.75 Å². The van der Waals surface area contributed by atoms with Crippen LogP contribution in [-0.2, 0) is 6.54 Å². The van der Waals surface area contributed by atoms with Gasteiger partial charge in [-0.3, -0.25) is 4.79 Å². The molecule has 2 N–H and O–H groups in total. The lowest BCUT2D eigenvalue weighted by Crippen LogP contribution is -2.27. The monoisotopic (exact) mass is 383 g/mol. The maximum absolute atomic E-state index is 12.6. The second-order valence-corrected chi connectivity index (χ2v) is 6.06. The van der Waals surface area contributed by atoms with E-state index in [9.17, 15) is 13.6 Å². The van der Waals surface area contributed by atoms with Crippen LogP contribution in [0.15, 0.2) is 30.5 Å². The van der Waals surface area contributed by atoms with Crippen molar-refractivity contribution in [2.45, 2.75) is 32.9 Å². The molecule has 1 atom stereocenters. The number of fused-ring (bicyclic) bond motifs is 1. The van der Waals surface area contributed by atoms with Crippen LogP contribution in [0.5, 0.6) is 5.75 Å². The lowest BCUT2D eigenvalue weighted by Gasteiger charge is -2.25. The molecule has 8 heteroatoms. The number of anilines is 1. The number of hydrogen-bond donors (Lipinski definition) is 1. The van der Waals surface area contributed by atoms with Crippen LogP contribution in [0.3, 0.4) is 0 Å². The number of halogens is 3. The second kappa shape index (κ2) is 7.86. The standard InChI is InChI=1S/C18H19F2N3O2.ClH/c1-10-7-12(3-4-15(10)25-9-16(19)20)11(2)23-8-14-13(18(23)24)5-6-22-17(14)21;/h3-7,11,16H,8-9H2,1-2H3,(H2,21,22);1H. The van der Waals surface area contributed by atoms with Crippen molar-refractivity contribution in [2.75, 3.05) is 12.3 Å². The van der Waals surface area contributed by atoms with Gasteiger partial charge in [0.1, 0.15) is 18.2 Å². The predicted octanol–water partition coefficient (Wildman–Crippen LogP) is 3.75. The maximum Gasteiger partial charge on any atom is 0.272 e. The normalized spacial score (nSPS) is 14.2. The Hall–Kier alpha value is -2.41. The minimum Gasteiger partial charge on any atom is -0.487 e. The van der Waals surface area contributed by atoms with Crippen molar-refractivity contribution < 1.29 is 18.3 Å². The molecule has 0 bridgehead atoms. The van der Waals surface area contributed by atoms with Gasteiger partial charge in [-0.1, -0.05) is 12.1 Å². The molecule has 0 aliphatic carbocycles. The van der Waals surface area contributed by atoms with E-state index in [0.29, 0.717) is 23.7 Å². The topological polar surface area (TPSA) is 68.5 Å². The van der Waals surface area contributed by atoms with E-state index in [4.69, 9.17) is 10.5 Å². The number of pyridine rings is 1. The van der Waals surface area contributed by atoms with Crippen molar-refractivity contribution in [1.29, 1.82) is 0 Å². The molecule has 0 saturated carbocycles. The Balaban J connectivity index is 0.00000243. The number of nitrogen functional groups attached to an aromatic ring is 1. The van der Waals surface area contributed by atoms with E-state index in [1.54, 1.807) is 30.0 Å². The molecule has 0 saturated heterocycles. The number of benzene rings is 1. The van der Waals surface area contributed by atoms with Crippen LogP contribution in [0.1, 0.15) is 40.0 Å². The highest BCUT2D eigenvalue weighted by atomic mass is 35.5. The first-order chi connectivity index (χ1) is 11.9. The molecule has 1 aliphatic heterocycles. The Labute approximate surface area is 156 Å². The zero-order valence-electron chi connectivity index (χ0n) is 14.4. The van der Waals surface area contributed by atoms with E-state index in [1.807, 2.05) is 13.0 Å². The maximum atomic E-state index is 12.6. The molecule has 1 amide bonds. The van der Waals surface area contributed by atoms with Gasteiger partial charge in [-0.05, 0) is 37.1 Å². The summed E-state index contributed by atoms with van der Waals surface area (Å²) in [5.41, 5.74) is 8.83. The van der Waals surface area contributed by atoms with Crippen LogP contribution in [0, 0.1) is 6.92 Å². The molecule has 2 aromatic rings. The van der Waals surface area contributed by atoms with Crippen molar-refractivity contribution >= 4 is 24.1 Å². The van der Waals surface area contributed by atoms with Gasteiger partial charge >= 0.3 is 0 Å². The third-order valence-electron chi connectivity index (χ3n) is 4.42. The van der Waals surface area contributed by atoms with Gasteiger partial charge in [-0.15, -0.1) is 12.4 Å². The fourth-order valence-electron chi connectivity index (χ4n) is 3.01. The van der Waals surface area contributed by atoms with Gasteiger partial charge in [0.05, 0.1) is 12.6 Å². The Morgan fingerprint density at radius 1 is 1.35 bits per heavy atom. The van der Waals surface area contributed by atoms with Crippen molar-refractivity contribution in [3.63, 3.8) is 0 Å². The minimum absolute atomic E-state index is 0. The molecule has 2 heterocycles. The molecular weight excluding hydrogens is 364 g/mol. The van der Waals surface area contributed by atoms with E-state index in [1.165, 1.54) is 6.20 Å². The average molecular weight is 384 g/mol. The van der Waals surface area contributed by atoms with Crippen LogP contribution in [0.2, 0.25) is 0 Å².